The van der Waals surface area contributed by atoms with Gasteiger partial charge in [0.15, 0.2) is 0 Å². The summed E-state index contributed by atoms with van der Waals surface area (Å²) in [7, 11) is 0. The number of ether oxygens (including phenoxy) is 1. The Morgan fingerprint density at radius 3 is 2.26 bits per heavy atom. The number of morpholine rings is 1. The van der Waals surface area contributed by atoms with Crippen molar-refractivity contribution in [3.8, 4) is 0 Å². The maximum atomic E-state index is 13.4. The zero-order chi connectivity index (χ0) is 18.5. The van der Waals surface area contributed by atoms with Gasteiger partial charge in [-0.15, -0.1) is 0 Å². The van der Waals surface area contributed by atoms with Crippen LogP contribution in [0.15, 0.2) is 48.5 Å². The first kappa shape index (κ1) is 16.2. The molecule has 2 aromatic carbocycles. The summed E-state index contributed by atoms with van der Waals surface area (Å²) in [6.07, 6.45) is 0.327. The monoisotopic (exact) mass is 362 g/mol. The Morgan fingerprint density at radius 1 is 0.852 bits per heavy atom. The predicted octanol–water partition coefficient (Wildman–Crippen LogP) is 1.81. The lowest BCUT2D eigenvalue weighted by molar-refractivity contribution is -0.143. The van der Waals surface area contributed by atoms with Gasteiger partial charge < -0.3 is 9.64 Å². The first-order chi connectivity index (χ1) is 13.2. The molecule has 3 aliphatic rings. The minimum Gasteiger partial charge on any atom is -0.377 e. The van der Waals surface area contributed by atoms with Crippen molar-refractivity contribution in [1.29, 1.82) is 0 Å². The lowest BCUT2D eigenvalue weighted by Gasteiger charge is -2.37. The fourth-order valence-electron chi connectivity index (χ4n) is 4.35. The zero-order valence-corrected chi connectivity index (χ0v) is 14.6. The zero-order valence-electron chi connectivity index (χ0n) is 14.6. The number of hydrogen-bond donors (Lipinski definition) is 0. The van der Waals surface area contributed by atoms with Crippen molar-refractivity contribution in [2.45, 2.75) is 18.5 Å². The predicted molar refractivity (Wildman–Crippen MR) is 96.1 cm³/mol. The van der Waals surface area contributed by atoms with Crippen LogP contribution in [0.2, 0.25) is 0 Å². The summed E-state index contributed by atoms with van der Waals surface area (Å²) in [5, 5.41) is 0. The largest absolute Gasteiger partial charge is 0.377 e. The van der Waals surface area contributed by atoms with Crippen molar-refractivity contribution in [1.82, 2.24) is 9.80 Å². The summed E-state index contributed by atoms with van der Waals surface area (Å²) < 4.78 is 5.61. The number of benzene rings is 2. The third-order valence-electron chi connectivity index (χ3n) is 5.66. The summed E-state index contributed by atoms with van der Waals surface area (Å²) in [5.41, 5.74) is 2.74. The van der Waals surface area contributed by atoms with E-state index < -0.39 is 17.9 Å². The van der Waals surface area contributed by atoms with E-state index in [2.05, 4.69) is 0 Å². The van der Waals surface area contributed by atoms with E-state index in [0.29, 0.717) is 37.3 Å². The van der Waals surface area contributed by atoms with Crippen LogP contribution in [0.1, 0.15) is 37.9 Å². The normalized spacial score (nSPS) is 24.4. The van der Waals surface area contributed by atoms with Crippen LogP contribution in [0.4, 0.5) is 0 Å². The van der Waals surface area contributed by atoms with Crippen molar-refractivity contribution in [2.75, 3.05) is 19.8 Å². The summed E-state index contributed by atoms with van der Waals surface area (Å²) in [6.45, 7) is 1.34. The minimum atomic E-state index is -0.832. The van der Waals surface area contributed by atoms with Gasteiger partial charge in [-0.25, -0.2) is 0 Å². The van der Waals surface area contributed by atoms with Gasteiger partial charge in [-0.2, -0.15) is 0 Å². The van der Waals surface area contributed by atoms with Crippen molar-refractivity contribution < 1.29 is 19.1 Å². The summed E-state index contributed by atoms with van der Waals surface area (Å²) >= 11 is 0. The van der Waals surface area contributed by atoms with E-state index in [1.54, 1.807) is 29.2 Å². The minimum absolute atomic E-state index is 0.178. The second-order valence-electron chi connectivity index (χ2n) is 7.07. The number of amides is 3. The van der Waals surface area contributed by atoms with E-state index >= 15 is 0 Å². The van der Waals surface area contributed by atoms with Gasteiger partial charge in [-0.05, 0) is 23.3 Å². The molecule has 3 amide bonds. The summed E-state index contributed by atoms with van der Waals surface area (Å²) in [4.78, 5) is 42.2. The first-order valence-electron chi connectivity index (χ1n) is 9.10. The van der Waals surface area contributed by atoms with Gasteiger partial charge in [0.25, 0.3) is 11.8 Å². The maximum absolute atomic E-state index is 13.4. The quantitative estimate of drug-likeness (QED) is 0.726. The second-order valence-corrected chi connectivity index (χ2v) is 7.07. The Labute approximate surface area is 156 Å². The standard InChI is InChI=1S/C21H18N2O4/c24-19-15-7-3-4-8-16(15)20(25)23(19)17-11-13-5-1-2-6-14(13)18-12-27-10-9-22(18)21(17)26/h1-8,17-18H,9-12H2. The molecule has 0 radical (unpaired) electrons. The Bertz CT molecular complexity index is 935. The molecule has 2 atom stereocenters. The molecule has 6 heteroatoms. The van der Waals surface area contributed by atoms with E-state index in [4.69, 9.17) is 4.74 Å². The molecule has 0 aliphatic carbocycles. The van der Waals surface area contributed by atoms with E-state index in [1.165, 1.54) is 0 Å². The molecule has 6 nitrogen and oxygen atoms in total. The third kappa shape index (κ3) is 2.33. The van der Waals surface area contributed by atoms with Crippen LogP contribution < -0.4 is 0 Å². The SMILES string of the molecule is O=C1C(N2C(=O)c3ccccc3C2=O)Cc2ccccc2C2COCCN12. The van der Waals surface area contributed by atoms with Gasteiger partial charge in [0.2, 0.25) is 5.91 Å². The summed E-state index contributed by atoms with van der Waals surface area (Å²) in [5.74, 6) is -0.967. The average Bonchev–Trinajstić information content (AvgIpc) is 2.89. The fraction of sp³-hybridized carbons (Fsp3) is 0.286. The van der Waals surface area contributed by atoms with Crippen LogP contribution in [0.25, 0.3) is 0 Å². The number of nitrogens with zero attached hydrogens (tertiary/aromatic N) is 2. The molecular weight excluding hydrogens is 344 g/mol. The van der Waals surface area contributed by atoms with Crippen molar-refractivity contribution in [2.24, 2.45) is 0 Å². The van der Waals surface area contributed by atoms with E-state index in [1.807, 2.05) is 24.3 Å². The van der Waals surface area contributed by atoms with Gasteiger partial charge in [-0.3, -0.25) is 19.3 Å². The Hall–Kier alpha value is -2.99. The van der Waals surface area contributed by atoms with Crippen LogP contribution in [-0.2, 0) is 16.0 Å². The molecular formula is C21H18N2O4. The highest BCUT2D eigenvalue weighted by Crippen LogP contribution is 2.35. The molecule has 0 saturated carbocycles. The van der Waals surface area contributed by atoms with E-state index in [0.717, 1.165) is 16.0 Å². The number of fused-ring (bicyclic) bond motifs is 4. The van der Waals surface area contributed by atoms with Crippen molar-refractivity contribution >= 4 is 17.7 Å². The van der Waals surface area contributed by atoms with Crippen LogP contribution >= 0.6 is 0 Å². The van der Waals surface area contributed by atoms with E-state index in [-0.39, 0.29) is 11.9 Å². The molecule has 0 spiro atoms. The highest BCUT2D eigenvalue weighted by atomic mass is 16.5. The molecule has 3 aliphatic heterocycles. The maximum Gasteiger partial charge on any atom is 0.262 e. The molecule has 1 saturated heterocycles. The third-order valence-corrected chi connectivity index (χ3v) is 5.66. The van der Waals surface area contributed by atoms with Crippen LogP contribution in [0.3, 0.4) is 0 Å². The van der Waals surface area contributed by atoms with E-state index in [9.17, 15) is 14.4 Å². The second kappa shape index (κ2) is 6.03. The smallest absolute Gasteiger partial charge is 0.262 e. The molecule has 3 heterocycles. The van der Waals surface area contributed by atoms with Crippen LogP contribution in [-0.4, -0.2) is 53.3 Å². The highest BCUT2D eigenvalue weighted by Gasteiger charge is 2.47. The number of carbonyl (C=O) groups is 3. The number of rotatable bonds is 1. The van der Waals surface area contributed by atoms with Gasteiger partial charge >= 0.3 is 0 Å². The average molecular weight is 362 g/mol. The number of imide groups is 1. The van der Waals surface area contributed by atoms with Crippen molar-refractivity contribution in [3.63, 3.8) is 0 Å². The van der Waals surface area contributed by atoms with Gasteiger partial charge in [-0.1, -0.05) is 36.4 Å². The lowest BCUT2D eigenvalue weighted by atomic mass is 9.97. The van der Waals surface area contributed by atoms with Crippen LogP contribution in [0, 0.1) is 0 Å². The first-order valence-corrected chi connectivity index (χ1v) is 9.10. The Balaban J connectivity index is 1.60. The number of carbonyl (C=O) groups excluding carboxylic acids is 3. The highest BCUT2D eigenvalue weighted by molar-refractivity contribution is 6.22. The van der Waals surface area contributed by atoms with Gasteiger partial charge in [0.05, 0.1) is 30.4 Å². The molecule has 2 unspecified atom stereocenters. The van der Waals surface area contributed by atoms with Crippen molar-refractivity contribution in [3.05, 3.63) is 70.8 Å². The van der Waals surface area contributed by atoms with Gasteiger partial charge in [0.1, 0.15) is 6.04 Å². The van der Waals surface area contributed by atoms with Crippen LogP contribution in [0.5, 0.6) is 0 Å². The molecule has 2 aromatic rings. The topological polar surface area (TPSA) is 66.9 Å². The lowest BCUT2D eigenvalue weighted by Crippen LogP contribution is -2.53. The number of hydrogen-bond acceptors (Lipinski definition) is 4. The molecule has 0 bridgehead atoms. The molecule has 0 N–H and O–H groups in total. The summed E-state index contributed by atoms with van der Waals surface area (Å²) in [6, 6.07) is 13.6. The van der Waals surface area contributed by atoms with Gasteiger partial charge in [0, 0.05) is 13.0 Å². The Morgan fingerprint density at radius 2 is 1.52 bits per heavy atom. The molecule has 27 heavy (non-hydrogen) atoms. The fourth-order valence-corrected chi connectivity index (χ4v) is 4.35. The Kier molecular flexibility index (Phi) is 3.62. The molecule has 0 aromatic heterocycles. The molecule has 5 rings (SSSR count). The molecule has 136 valence electrons. The molecule has 1 fully saturated rings.